The fraction of sp³-hybridized carbons (Fsp3) is 0.889. The maximum Gasteiger partial charge on any atom is 0.320 e. The average Bonchev–Trinajstić information content (AvgIpc) is 2.64. The van der Waals surface area contributed by atoms with Gasteiger partial charge in [-0.15, -0.1) is 0 Å². The Morgan fingerprint density at radius 3 is 1.85 bits per heavy atom. The molecule has 160 valence electrons. The van der Waals surface area contributed by atoms with Gasteiger partial charge in [-0.05, 0) is 37.5 Å². The van der Waals surface area contributed by atoms with E-state index in [1.165, 1.54) is 0 Å². The number of ether oxygens (including phenoxy) is 2. The van der Waals surface area contributed by atoms with Gasteiger partial charge in [0.1, 0.15) is 5.25 Å². The molecule has 0 rings (SSSR count). The van der Waals surface area contributed by atoms with E-state index < -0.39 is 22.9 Å². The van der Waals surface area contributed by atoms with Gasteiger partial charge in [0, 0.05) is 0 Å². The Labute approximate surface area is 173 Å². The second-order valence-corrected chi connectivity index (χ2v) is 12.4. The molecule has 6 nitrogen and oxygen atoms in total. The van der Waals surface area contributed by atoms with E-state index >= 15 is 0 Å². The molecule has 0 aromatic carbocycles. The van der Waals surface area contributed by atoms with Gasteiger partial charge in [0.15, 0.2) is 0 Å². The van der Waals surface area contributed by atoms with E-state index in [1.54, 1.807) is 0 Å². The lowest BCUT2D eigenvalue weighted by Crippen LogP contribution is -2.25. The van der Waals surface area contributed by atoms with Crippen LogP contribution < -0.4 is 0 Å². The quantitative estimate of drug-likeness (QED) is 0.172. The lowest BCUT2D eigenvalue weighted by Gasteiger charge is -2.25. The molecule has 0 radical (unpaired) electrons. The highest BCUT2D eigenvalue weighted by atomic mass is 32.9. The van der Waals surface area contributed by atoms with Crippen LogP contribution >= 0.6 is 17.1 Å². The van der Waals surface area contributed by atoms with Gasteiger partial charge in [-0.1, -0.05) is 51.9 Å². The summed E-state index contributed by atoms with van der Waals surface area (Å²) in [5, 5.41) is -0.782. The Hall–Kier alpha value is -0.140. The molecule has 0 aliphatic carbocycles. The van der Waals surface area contributed by atoms with E-state index in [9.17, 15) is 9.59 Å². The number of hydrogen-bond acceptors (Lipinski definition) is 8. The van der Waals surface area contributed by atoms with Gasteiger partial charge in [0.05, 0.1) is 32.8 Å². The molecular formula is C18H35O6PS2. The summed E-state index contributed by atoms with van der Waals surface area (Å²) >= 11 is 6.70. The lowest BCUT2D eigenvalue weighted by molar-refractivity contribution is -0.149. The number of hydrogen-bond donors (Lipinski definition) is 0. The molecule has 0 fully saturated rings. The second-order valence-electron chi connectivity index (χ2n) is 6.01. The molecular weight excluding hydrogens is 407 g/mol. The highest BCUT2D eigenvalue weighted by molar-refractivity contribution is 8.68. The zero-order valence-corrected chi connectivity index (χ0v) is 19.6. The first-order valence-corrected chi connectivity index (χ1v) is 13.9. The Kier molecular flexibility index (Phi) is 16.7. The van der Waals surface area contributed by atoms with Crippen molar-refractivity contribution in [2.45, 2.75) is 77.9 Å². The van der Waals surface area contributed by atoms with Gasteiger partial charge in [-0.2, -0.15) is 0 Å². The van der Waals surface area contributed by atoms with E-state index in [0.29, 0.717) is 26.4 Å². The number of carbonyl (C=O) groups is 2. The van der Waals surface area contributed by atoms with Crippen molar-refractivity contribution < 1.29 is 28.1 Å². The lowest BCUT2D eigenvalue weighted by atomic mass is 10.3. The van der Waals surface area contributed by atoms with Crippen LogP contribution in [0.15, 0.2) is 0 Å². The highest BCUT2D eigenvalue weighted by Crippen LogP contribution is 2.63. The molecule has 0 bridgehead atoms. The highest BCUT2D eigenvalue weighted by Gasteiger charge is 2.33. The molecule has 27 heavy (non-hydrogen) atoms. The van der Waals surface area contributed by atoms with Crippen LogP contribution in [0.1, 0.15) is 72.6 Å². The van der Waals surface area contributed by atoms with Gasteiger partial charge >= 0.3 is 11.9 Å². The second kappa shape index (κ2) is 16.8. The van der Waals surface area contributed by atoms with Crippen molar-refractivity contribution in [2.24, 2.45) is 0 Å². The topological polar surface area (TPSA) is 71.1 Å². The third-order valence-corrected chi connectivity index (χ3v) is 8.73. The fourth-order valence-corrected chi connectivity index (χ4v) is 7.07. The smallest absolute Gasteiger partial charge is 0.320 e. The van der Waals surface area contributed by atoms with Crippen molar-refractivity contribution in [3.63, 3.8) is 0 Å². The van der Waals surface area contributed by atoms with Crippen molar-refractivity contribution in [3.05, 3.63) is 0 Å². The van der Waals surface area contributed by atoms with Crippen LogP contribution in [-0.4, -0.2) is 43.6 Å². The molecule has 1 atom stereocenters. The number of rotatable bonds is 17. The molecule has 0 amide bonds. The van der Waals surface area contributed by atoms with Gasteiger partial charge < -0.3 is 18.5 Å². The van der Waals surface area contributed by atoms with Gasteiger partial charge in [0.25, 0.3) is 0 Å². The standard InChI is InChI=1S/C18H35O6PS2/c1-5-9-13-21-17(19)15-16(18(20)22-14-10-6-2)27-25(26,23-11-7-3)24-12-8-4/h16H,5-15H2,1-4H3. The van der Waals surface area contributed by atoms with Gasteiger partial charge in [0.2, 0.25) is 5.69 Å². The maximum atomic E-state index is 12.5. The summed E-state index contributed by atoms with van der Waals surface area (Å²) < 4.78 is 22.1. The number of carbonyl (C=O) groups excluding carboxylic acids is 2. The molecule has 1 unspecified atom stereocenters. The Morgan fingerprint density at radius 2 is 1.37 bits per heavy atom. The molecule has 0 aromatic heterocycles. The Balaban J connectivity index is 5.06. The van der Waals surface area contributed by atoms with E-state index in [2.05, 4.69) is 0 Å². The summed E-state index contributed by atoms with van der Waals surface area (Å²) in [5.74, 6) is -0.892. The summed E-state index contributed by atoms with van der Waals surface area (Å²) in [5.41, 5.74) is -2.75. The van der Waals surface area contributed by atoms with Crippen molar-refractivity contribution in [2.75, 3.05) is 26.4 Å². The predicted octanol–water partition coefficient (Wildman–Crippen LogP) is 5.24. The monoisotopic (exact) mass is 442 g/mol. The van der Waals surface area contributed by atoms with Crippen molar-refractivity contribution >= 4 is 40.8 Å². The minimum Gasteiger partial charge on any atom is -0.466 e. The van der Waals surface area contributed by atoms with Crippen LogP contribution in [-0.2, 0) is 39.9 Å². The third kappa shape index (κ3) is 13.6. The molecule has 0 heterocycles. The van der Waals surface area contributed by atoms with E-state index in [-0.39, 0.29) is 6.42 Å². The van der Waals surface area contributed by atoms with E-state index in [1.807, 2.05) is 27.7 Å². The molecule has 0 aliphatic heterocycles. The largest absolute Gasteiger partial charge is 0.466 e. The number of unbranched alkanes of at least 4 members (excludes halogenated alkanes) is 2. The SMILES string of the molecule is CCCCOC(=O)CC(SP(=S)(OCCC)OCCC)C(=O)OCCCC. The Morgan fingerprint density at radius 1 is 0.852 bits per heavy atom. The van der Waals surface area contributed by atoms with E-state index in [0.717, 1.165) is 49.9 Å². The first kappa shape index (κ1) is 26.9. The summed E-state index contributed by atoms with van der Waals surface area (Å²) in [6.07, 6.45) is 4.90. The molecule has 0 spiro atoms. The normalized spacial score (nSPS) is 12.6. The van der Waals surface area contributed by atoms with Crippen LogP contribution in [0.3, 0.4) is 0 Å². The van der Waals surface area contributed by atoms with Crippen molar-refractivity contribution in [3.8, 4) is 0 Å². The van der Waals surface area contributed by atoms with Crippen LogP contribution in [0, 0.1) is 0 Å². The van der Waals surface area contributed by atoms with Crippen molar-refractivity contribution in [1.29, 1.82) is 0 Å². The third-order valence-electron chi connectivity index (χ3n) is 3.28. The van der Waals surface area contributed by atoms with Crippen LogP contribution in [0.5, 0.6) is 0 Å². The average molecular weight is 443 g/mol. The molecule has 0 aromatic rings. The molecule has 9 heteroatoms. The fourth-order valence-electron chi connectivity index (χ4n) is 1.77. The zero-order valence-electron chi connectivity index (χ0n) is 17.1. The molecule has 0 aliphatic rings. The predicted molar refractivity (Wildman–Crippen MR) is 115 cm³/mol. The van der Waals surface area contributed by atoms with E-state index in [4.69, 9.17) is 30.3 Å². The zero-order chi connectivity index (χ0) is 20.5. The minimum absolute atomic E-state index is 0.0945. The summed E-state index contributed by atoms with van der Waals surface area (Å²) in [7, 11) is 0. The summed E-state index contributed by atoms with van der Waals surface area (Å²) in [4.78, 5) is 24.6. The molecule has 0 saturated carbocycles. The summed E-state index contributed by atoms with van der Waals surface area (Å²) in [6, 6.07) is 0. The maximum absolute atomic E-state index is 12.5. The first-order chi connectivity index (χ1) is 12.9. The Bertz CT molecular complexity index is 449. The number of esters is 2. The van der Waals surface area contributed by atoms with Gasteiger partial charge in [-0.25, -0.2) is 0 Å². The van der Waals surface area contributed by atoms with Crippen LogP contribution in [0.2, 0.25) is 0 Å². The molecule has 0 N–H and O–H groups in total. The van der Waals surface area contributed by atoms with Crippen LogP contribution in [0.25, 0.3) is 0 Å². The minimum atomic E-state index is -2.75. The van der Waals surface area contributed by atoms with Gasteiger partial charge in [-0.3, -0.25) is 9.59 Å². The first-order valence-electron chi connectivity index (χ1n) is 9.82. The van der Waals surface area contributed by atoms with Crippen molar-refractivity contribution in [1.82, 2.24) is 0 Å². The molecule has 0 saturated heterocycles. The van der Waals surface area contributed by atoms with Crippen LogP contribution in [0.4, 0.5) is 0 Å². The summed E-state index contributed by atoms with van der Waals surface area (Å²) in [6.45, 7) is 9.57.